The van der Waals surface area contributed by atoms with Crippen LogP contribution in [-0.2, 0) is 0 Å². The molecule has 0 unspecified atom stereocenters. The highest BCUT2D eigenvalue weighted by Crippen LogP contribution is 2.63. The number of carboxylic acid groups (broad SMARTS) is 1. The fourth-order valence-corrected chi connectivity index (χ4v) is 5.66. The maximum Gasteiger partial charge on any atom is 0.335 e. The number of nitrogens with one attached hydrogen (secondary N) is 1. The van der Waals surface area contributed by atoms with Gasteiger partial charge in [0.2, 0.25) is 0 Å². The van der Waals surface area contributed by atoms with Crippen molar-refractivity contribution in [2.24, 2.45) is 17.8 Å². The second kappa shape index (κ2) is 5.32. The number of halogens is 1. The van der Waals surface area contributed by atoms with Crippen molar-refractivity contribution in [2.45, 2.75) is 31.2 Å². The number of rotatable bonds is 2. The van der Waals surface area contributed by atoms with Crippen LogP contribution in [0.5, 0.6) is 0 Å². The Morgan fingerprint density at radius 1 is 1.08 bits per heavy atom. The molecular weight excluding hydrogens is 317 g/mol. The Morgan fingerprint density at radius 2 is 1.88 bits per heavy atom. The molecular formula is C21H20FNO2. The van der Waals surface area contributed by atoms with Gasteiger partial charge < -0.3 is 10.4 Å². The van der Waals surface area contributed by atoms with Crippen molar-refractivity contribution in [1.82, 2.24) is 0 Å². The Labute approximate surface area is 145 Å². The summed E-state index contributed by atoms with van der Waals surface area (Å²) in [5.74, 6) is 0.805. The maximum absolute atomic E-state index is 14.5. The number of hydrogen-bond donors (Lipinski definition) is 2. The van der Waals surface area contributed by atoms with Crippen molar-refractivity contribution >= 4 is 11.7 Å². The number of benzene rings is 2. The minimum atomic E-state index is -0.890. The molecule has 1 heterocycles. The number of anilines is 1. The van der Waals surface area contributed by atoms with Crippen LogP contribution in [0.2, 0.25) is 0 Å². The zero-order valence-electron chi connectivity index (χ0n) is 13.8. The standard InChI is InChI=1S/C21H20FNO2/c22-16-4-2-1-3-14(16)20-19-12-6-5-11(9-12)18(19)15-10-13(21(24)25)7-8-17(15)23-20/h1-4,7-8,10-12,18-20,23H,5-6,9H2,(H,24,25)/t11-,12+,18+,19+,20-/m1/s1. The molecule has 2 saturated carbocycles. The van der Waals surface area contributed by atoms with Crippen LogP contribution in [-0.4, -0.2) is 11.1 Å². The monoisotopic (exact) mass is 337 g/mol. The molecule has 3 aliphatic rings. The van der Waals surface area contributed by atoms with E-state index < -0.39 is 5.97 Å². The SMILES string of the molecule is O=C(O)c1ccc2c(c1)[C@@H]1[C@@H]3CC[C@@H](C3)[C@@H]1[C@@H](c1ccccc1F)N2. The molecule has 2 N–H and O–H groups in total. The normalized spacial score (nSPS) is 32.0. The first-order valence-corrected chi connectivity index (χ1v) is 9.01. The van der Waals surface area contributed by atoms with Gasteiger partial charge in [-0.25, -0.2) is 9.18 Å². The Balaban J connectivity index is 1.65. The van der Waals surface area contributed by atoms with Gasteiger partial charge in [0.05, 0.1) is 11.6 Å². The molecule has 2 fully saturated rings. The molecule has 0 radical (unpaired) electrons. The third-order valence-electron chi connectivity index (χ3n) is 6.57. The van der Waals surface area contributed by atoms with Crippen LogP contribution >= 0.6 is 0 Å². The number of carboxylic acids is 1. The Hall–Kier alpha value is -2.36. The van der Waals surface area contributed by atoms with Crippen LogP contribution in [0.15, 0.2) is 42.5 Å². The van der Waals surface area contributed by atoms with Crippen molar-refractivity contribution in [3.8, 4) is 0 Å². The molecule has 0 saturated heterocycles. The highest BCUT2D eigenvalue weighted by Gasteiger charge is 2.54. The minimum Gasteiger partial charge on any atom is -0.478 e. The molecule has 3 nitrogen and oxygen atoms in total. The Bertz CT molecular complexity index is 865. The number of fused-ring (bicyclic) bond motifs is 7. The average Bonchev–Trinajstić information content (AvgIpc) is 3.23. The van der Waals surface area contributed by atoms with Gasteiger partial charge in [0.1, 0.15) is 5.82 Å². The van der Waals surface area contributed by atoms with Crippen LogP contribution in [0.1, 0.15) is 52.7 Å². The zero-order chi connectivity index (χ0) is 17.1. The topological polar surface area (TPSA) is 49.3 Å². The van der Waals surface area contributed by atoms with Gasteiger partial charge in [-0.3, -0.25) is 0 Å². The maximum atomic E-state index is 14.5. The summed E-state index contributed by atoms with van der Waals surface area (Å²) in [5, 5.41) is 12.9. The van der Waals surface area contributed by atoms with Crippen molar-refractivity contribution in [3.05, 3.63) is 65.0 Å². The Morgan fingerprint density at radius 3 is 2.68 bits per heavy atom. The van der Waals surface area contributed by atoms with Crippen LogP contribution in [0.25, 0.3) is 0 Å². The lowest BCUT2D eigenvalue weighted by Crippen LogP contribution is -2.36. The van der Waals surface area contributed by atoms with E-state index in [-0.39, 0.29) is 11.9 Å². The summed E-state index contributed by atoms with van der Waals surface area (Å²) in [7, 11) is 0. The lowest BCUT2D eigenvalue weighted by molar-refractivity contribution is 0.0696. The smallest absolute Gasteiger partial charge is 0.335 e. The predicted octanol–water partition coefficient (Wildman–Crippen LogP) is 4.82. The summed E-state index contributed by atoms with van der Waals surface area (Å²) in [6.07, 6.45) is 3.58. The van der Waals surface area contributed by atoms with Crippen LogP contribution in [0.4, 0.5) is 10.1 Å². The zero-order valence-corrected chi connectivity index (χ0v) is 13.8. The third kappa shape index (κ3) is 2.13. The molecule has 2 aromatic carbocycles. The van der Waals surface area contributed by atoms with Crippen molar-refractivity contribution < 1.29 is 14.3 Å². The molecule has 4 heteroatoms. The molecule has 0 aromatic heterocycles. The van der Waals surface area contributed by atoms with Gasteiger partial charge in [-0.05, 0) is 72.8 Å². The second-order valence-electron chi connectivity index (χ2n) is 7.69. The van der Waals surface area contributed by atoms with Gasteiger partial charge in [-0.2, -0.15) is 0 Å². The summed E-state index contributed by atoms with van der Waals surface area (Å²) in [6.45, 7) is 0. The first-order chi connectivity index (χ1) is 12.1. The fraction of sp³-hybridized carbons (Fsp3) is 0.381. The minimum absolute atomic E-state index is 0.0373. The molecule has 2 aliphatic carbocycles. The number of hydrogen-bond acceptors (Lipinski definition) is 2. The highest BCUT2D eigenvalue weighted by molar-refractivity contribution is 5.88. The van der Waals surface area contributed by atoms with Crippen molar-refractivity contribution in [3.63, 3.8) is 0 Å². The fourth-order valence-electron chi connectivity index (χ4n) is 5.66. The van der Waals surface area contributed by atoms with E-state index >= 15 is 0 Å². The summed E-state index contributed by atoms with van der Waals surface area (Å²) in [4.78, 5) is 11.4. The summed E-state index contributed by atoms with van der Waals surface area (Å²) in [6, 6.07) is 12.3. The van der Waals surface area contributed by atoms with Gasteiger partial charge in [0.25, 0.3) is 0 Å². The molecule has 0 amide bonds. The Kier molecular flexibility index (Phi) is 3.18. The van der Waals surface area contributed by atoms with E-state index in [2.05, 4.69) is 5.32 Å². The first kappa shape index (κ1) is 14.9. The molecule has 1 aliphatic heterocycles. The number of carbonyl (C=O) groups is 1. The van der Waals surface area contributed by atoms with Gasteiger partial charge in [0.15, 0.2) is 0 Å². The average molecular weight is 337 g/mol. The van der Waals surface area contributed by atoms with E-state index in [1.54, 1.807) is 12.1 Å². The molecule has 0 spiro atoms. The summed E-state index contributed by atoms with van der Waals surface area (Å²) in [5.41, 5.74) is 3.15. The van der Waals surface area contributed by atoms with E-state index in [1.165, 1.54) is 25.3 Å². The quantitative estimate of drug-likeness (QED) is 0.826. The summed E-state index contributed by atoms with van der Waals surface area (Å²) >= 11 is 0. The van der Waals surface area contributed by atoms with Gasteiger partial charge in [-0.1, -0.05) is 18.2 Å². The van der Waals surface area contributed by atoms with E-state index in [9.17, 15) is 14.3 Å². The lowest BCUT2D eigenvalue weighted by atomic mass is 9.68. The van der Waals surface area contributed by atoms with Gasteiger partial charge in [-0.15, -0.1) is 0 Å². The van der Waals surface area contributed by atoms with E-state index in [4.69, 9.17) is 0 Å². The van der Waals surface area contributed by atoms with E-state index in [0.717, 1.165) is 16.8 Å². The number of aromatic carboxylic acids is 1. The van der Waals surface area contributed by atoms with Gasteiger partial charge >= 0.3 is 5.97 Å². The van der Waals surface area contributed by atoms with E-state index in [0.29, 0.717) is 29.2 Å². The highest BCUT2D eigenvalue weighted by atomic mass is 19.1. The molecule has 2 aromatic rings. The van der Waals surface area contributed by atoms with Crippen LogP contribution in [0.3, 0.4) is 0 Å². The second-order valence-corrected chi connectivity index (χ2v) is 7.69. The third-order valence-corrected chi connectivity index (χ3v) is 6.57. The molecule has 25 heavy (non-hydrogen) atoms. The van der Waals surface area contributed by atoms with E-state index in [1.807, 2.05) is 24.3 Å². The van der Waals surface area contributed by atoms with Gasteiger partial charge in [0, 0.05) is 11.3 Å². The summed E-state index contributed by atoms with van der Waals surface area (Å²) < 4.78 is 14.5. The molecule has 2 bridgehead atoms. The van der Waals surface area contributed by atoms with Crippen molar-refractivity contribution in [1.29, 1.82) is 0 Å². The largest absolute Gasteiger partial charge is 0.478 e. The molecule has 5 rings (SSSR count). The predicted molar refractivity (Wildman–Crippen MR) is 93.2 cm³/mol. The molecule has 128 valence electrons. The van der Waals surface area contributed by atoms with Crippen molar-refractivity contribution in [2.75, 3.05) is 5.32 Å². The lowest BCUT2D eigenvalue weighted by Gasteiger charge is -2.43. The van der Waals surface area contributed by atoms with Crippen LogP contribution in [0, 0.1) is 23.6 Å². The van der Waals surface area contributed by atoms with Crippen LogP contribution < -0.4 is 5.32 Å². The first-order valence-electron chi connectivity index (χ1n) is 9.01. The molecule has 5 atom stereocenters.